The van der Waals surface area contributed by atoms with Gasteiger partial charge in [-0.2, -0.15) is 0 Å². The maximum atomic E-state index is 13.4. The predicted molar refractivity (Wildman–Crippen MR) is 149 cm³/mol. The molecule has 1 N–H and O–H groups in total. The third-order valence-corrected chi connectivity index (χ3v) is 7.33. The zero-order valence-electron chi connectivity index (χ0n) is 19.9. The van der Waals surface area contributed by atoms with E-state index in [0.717, 1.165) is 19.3 Å². The first-order chi connectivity index (χ1) is 17.1. The van der Waals surface area contributed by atoms with E-state index >= 15 is 0 Å². The Hall–Kier alpha value is -2.97. The lowest BCUT2D eigenvalue weighted by Crippen LogP contribution is -2.29. The quantitative estimate of drug-likeness (QED) is 0.210. The van der Waals surface area contributed by atoms with Gasteiger partial charge >= 0.3 is 0 Å². The van der Waals surface area contributed by atoms with Crippen LogP contribution in [0.2, 0.25) is 0 Å². The van der Waals surface area contributed by atoms with Crippen LogP contribution in [0.15, 0.2) is 64.4 Å². The number of carbonyl (C=O) groups is 1. The second-order valence-corrected chi connectivity index (χ2v) is 10.2. The topological polar surface area (TPSA) is 66.7 Å². The molecule has 2 aromatic heterocycles. The Kier molecular flexibility index (Phi) is 8.71. The third-order valence-electron chi connectivity index (χ3n) is 5.95. The van der Waals surface area contributed by atoms with Crippen LogP contribution in [0.5, 0.6) is 0 Å². The van der Waals surface area contributed by atoms with Crippen LogP contribution in [0, 0.1) is 0 Å². The summed E-state index contributed by atoms with van der Waals surface area (Å²) in [5, 5.41) is 3.32. The molecule has 35 heavy (non-hydrogen) atoms. The molecule has 3 aromatic rings. The molecule has 8 heteroatoms. The molecule has 0 aliphatic carbocycles. The number of hydrogen-bond donors (Lipinski definition) is 1. The molecular weight excluding hydrogens is 476 g/mol. The number of amides is 1. The summed E-state index contributed by atoms with van der Waals surface area (Å²) in [5.74, 6) is 0.338. The van der Waals surface area contributed by atoms with Gasteiger partial charge in [-0.25, -0.2) is 4.98 Å². The van der Waals surface area contributed by atoms with E-state index in [-0.39, 0.29) is 11.5 Å². The van der Waals surface area contributed by atoms with Crippen LogP contribution < -0.4 is 10.9 Å². The number of hydrogen-bond acceptors (Lipinski definition) is 6. The Labute approximate surface area is 215 Å². The summed E-state index contributed by atoms with van der Waals surface area (Å²) in [5.41, 5.74) is 1.89. The van der Waals surface area contributed by atoms with Crippen molar-refractivity contribution in [3.05, 3.63) is 81.1 Å². The van der Waals surface area contributed by atoms with Gasteiger partial charge in [0.25, 0.3) is 11.5 Å². The van der Waals surface area contributed by atoms with Crippen LogP contribution in [-0.2, 0) is 11.2 Å². The lowest BCUT2D eigenvalue weighted by Gasteiger charge is -2.14. The molecule has 0 bridgehead atoms. The van der Waals surface area contributed by atoms with E-state index in [9.17, 15) is 9.59 Å². The number of anilines is 1. The Bertz CT molecular complexity index is 1290. The Balaban J connectivity index is 1.57. The summed E-state index contributed by atoms with van der Waals surface area (Å²) in [6.45, 7) is 3.41. The molecule has 0 spiro atoms. The van der Waals surface area contributed by atoms with E-state index in [1.807, 2.05) is 24.3 Å². The molecule has 1 amide bonds. The van der Waals surface area contributed by atoms with Crippen LogP contribution in [0.1, 0.15) is 50.2 Å². The van der Waals surface area contributed by atoms with E-state index < -0.39 is 0 Å². The molecular formula is C27H30N4O2S2. The monoisotopic (exact) mass is 506 g/mol. The van der Waals surface area contributed by atoms with E-state index in [4.69, 9.17) is 17.2 Å². The van der Waals surface area contributed by atoms with Gasteiger partial charge < -0.3 is 5.32 Å². The number of nitrogens with zero attached hydrogens (tertiary/aromatic N) is 3. The molecule has 0 saturated carbocycles. The highest BCUT2D eigenvalue weighted by Gasteiger charge is 2.32. The van der Waals surface area contributed by atoms with Crippen molar-refractivity contribution >= 4 is 51.7 Å². The smallest absolute Gasteiger partial charge is 0.267 e. The van der Waals surface area contributed by atoms with Gasteiger partial charge in [-0.15, -0.1) is 0 Å². The van der Waals surface area contributed by atoms with Gasteiger partial charge in [-0.1, -0.05) is 93.0 Å². The number of benzene rings is 1. The summed E-state index contributed by atoms with van der Waals surface area (Å²) in [7, 11) is 0. The number of nitrogens with one attached hydrogen (secondary N) is 1. The second kappa shape index (κ2) is 12.1. The zero-order chi connectivity index (χ0) is 24.6. The van der Waals surface area contributed by atoms with Crippen molar-refractivity contribution in [3.63, 3.8) is 0 Å². The Morgan fingerprint density at radius 1 is 1.03 bits per heavy atom. The average Bonchev–Trinajstić information content (AvgIpc) is 3.14. The van der Waals surface area contributed by atoms with E-state index in [1.54, 1.807) is 29.3 Å². The van der Waals surface area contributed by atoms with Gasteiger partial charge in [0.05, 0.1) is 10.5 Å². The summed E-state index contributed by atoms with van der Waals surface area (Å²) in [4.78, 5) is 33.3. The van der Waals surface area contributed by atoms with Crippen molar-refractivity contribution in [1.29, 1.82) is 0 Å². The maximum Gasteiger partial charge on any atom is 0.267 e. The number of thioether (sulfide) groups is 1. The van der Waals surface area contributed by atoms with Gasteiger partial charge in [0, 0.05) is 19.3 Å². The number of unbranched alkanes of at least 4 members (excludes halogenated alkanes) is 4. The molecule has 3 heterocycles. The minimum atomic E-state index is -0.220. The maximum absolute atomic E-state index is 13.4. The fourth-order valence-corrected chi connectivity index (χ4v) is 5.33. The highest BCUT2D eigenvalue weighted by molar-refractivity contribution is 8.26. The number of rotatable bonds is 11. The lowest BCUT2D eigenvalue weighted by atomic mass is 10.1. The number of fused-ring (bicyclic) bond motifs is 1. The standard InChI is InChI=1S/C27H30N4O2S2/c1-2-3-4-5-10-18-31-26(33)22(35-27(31)34)19-21-24(28-16-15-20-12-7-6-8-13-20)29-23-14-9-11-17-30(23)25(21)32/h6-9,11-14,17,19,28H,2-5,10,15-16,18H2,1H3/b22-19+. The molecule has 4 rings (SSSR count). The van der Waals surface area contributed by atoms with Crippen molar-refractivity contribution < 1.29 is 4.79 Å². The van der Waals surface area contributed by atoms with Gasteiger partial charge in [-0.3, -0.25) is 18.9 Å². The summed E-state index contributed by atoms with van der Waals surface area (Å²) >= 11 is 6.74. The first kappa shape index (κ1) is 25.1. The second-order valence-electron chi connectivity index (χ2n) is 8.52. The van der Waals surface area contributed by atoms with Gasteiger partial charge in [-0.05, 0) is 36.6 Å². The SMILES string of the molecule is CCCCCCCN1C(=O)/C(=C\c2c(NCCc3ccccc3)nc3ccccn3c2=O)SC1=S. The third kappa shape index (κ3) is 6.18. The van der Waals surface area contributed by atoms with Crippen molar-refractivity contribution in [2.75, 3.05) is 18.4 Å². The summed E-state index contributed by atoms with van der Waals surface area (Å²) < 4.78 is 2.05. The number of carbonyl (C=O) groups excluding carboxylic acids is 1. The van der Waals surface area contributed by atoms with Crippen LogP contribution in [-0.4, -0.2) is 37.6 Å². The molecule has 1 aliphatic heterocycles. The van der Waals surface area contributed by atoms with E-state index in [0.29, 0.717) is 39.3 Å². The molecule has 0 radical (unpaired) electrons. The first-order valence-electron chi connectivity index (χ1n) is 12.1. The lowest BCUT2D eigenvalue weighted by molar-refractivity contribution is -0.122. The molecule has 1 saturated heterocycles. The zero-order valence-corrected chi connectivity index (χ0v) is 21.5. The van der Waals surface area contributed by atoms with Gasteiger partial charge in [0.1, 0.15) is 15.8 Å². The van der Waals surface area contributed by atoms with Gasteiger partial charge in [0.15, 0.2) is 0 Å². The normalized spacial score (nSPS) is 14.9. The molecule has 182 valence electrons. The number of thiocarbonyl (C=S) groups is 1. The number of aromatic nitrogens is 2. The molecule has 6 nitrogen and oxygen atoms in total. The largest absolute Gasteiger partial charge is 0.369 e. The summed E-state index contributed by atoms with van der Waals surface area (Å²) in [6.07, 6.45) is 9.68. The minimum absolute atomic E-state index is 0.136. The number of pyridine rings is 1. The van der Waals surface area contributed by atoms with Crippen LogP contribution in [0.25, 0.3) is 11.7 Å². The minimum Gasteiger partial charge on any atom is -0.369 e. The molecule has 1 aromatic carbocycles. The van der Waals surface area contributed by atoms with E-state index in [1.165, 1.54) is 41.0 Å². The molecule has 0 atom stereocenters. The van der Waals surface area contributed by atoms with Gasteiger partial charge in [0.2, 0.25) is 0 Å². The van der Waals surface area contributed by atoms with Crippen molar-refractivity contribution in [2.24, 2.45) is 0 Å². The summed E-state index contributed by atoms with van der Waals surface area (Å²) in [6, 6.07) is 15.6. The van der Waals surface area contributed by atoms with Crippen molar-refractivity contribution in [3.8, 4) is 0 Å². The molecule has 1 aliphatic rings. The highest BCUT2D eigenvalue weighted by atomic mass is 32.2. The van der Waals surface area contributed by atoms with Crippen LogP contribution in [0.4, 0.5) is 5.82 Å². The van der Waals surface area contributed by atoms with Crippen LogP contribution in [0.3, 0.4) is 0 Å². The average molecular weight is 507 g/mol. The highest BCUT2D eigenvalue weighted by Crippen LogP contribution is 2.33. The van der Waals surface area contributed by atoms with E-state index in [2.05, 4.69) is 24.4 Å². The fourth-order valence-electron chi connectivity index (χ4n) is 4.03. The van der Waals surface area contributed by atoms with Crippen LogP contribution >= 0.6 is 24.0 Å². The Morgan fingerprint density at radius 2 is 1.80 bits per heavy atom. The molecule has 0 unspecified atom stereocenters. The Morgan fingerprint density at radius 3 is 2.60 bits per heavy atom. The fraction of sp³-hybridized carbons (Fsp3) is 0.333. The first-order valence-corrected chi connectivity index (χ1v) is 13.4. The van der Waals surface area contributed by atoms with Crippen molar-refractivity contribution in [2.45, 2.75) is 45.4 Å². The molecule has 1 fully saturated rings. The van der Waals surface area contributed by atoms with Crippen molar-refractivity contribution in [1.82, 2.24) is 14.3 Å². The predicted octanol–water partition coefficient (Wildman–Crippen LogP) is 5.52.